The Kier molecular flexibility index (Phi) is 5.13. The molecule has 0 unspecified atom stereocenters. The highest BCUT2D eigenvalue weighted by Crippen LogP contribution is 2.17. The molecular formula is C17H19N3O4. The summed E-state index contributed by atoms with van der Waals surface area (Å²) in [5.41, 5.74) is 1.72. The summed E-state index contributed by atoms with van der Waals surface area (Å²) in [5, 5.41) is 18.1. The predicted octanol–water partition coefficient (Wildman–Crippen LogP) is 2.15. The summed E-state index contributed by atoms with van der Waals surface area (Å²) in [6, 6.07) is 4.58. The Morgan fingerprint density at radius 2 is 1.96 bits per heavy atom. The number of carboxylic acids is 1. The van der Waals surface area contributed by atoms with Crippen LogP contribution >= 0.6 is 0 Å². The lowest BCUT2D eigenvalue weighted by atomic mass is 10.0. The first kappa shape index (κ1) is 17.4. The van der Waals surface area contributed by atoms with Gasteiger partial charge in [-0.3, -0.25) is 9.59 Å². The van der Waals surface area contributed by atoms with Crippen molar-refractivity contribution in [2.75, 3.05) is 5.32 Å². The topological polar surface area (TPSA) is 112 Å². The Morgan fingerprint density at radius 1 is 1.25 bits per heavy atom. The van der Waals surface area contributed by atoms with Gasteiger partial charge in [0.25, 0.3) is 11.5 Å². The van der Waals surface area contributed by atoms with Gasteiger partial charge >= 0.3 is 5.97 Å². The first-order valence-corrected chi connectivity index (χ1v) is 7.64. The number of nitrogens with zero attached hydrogens (tertiary/aromatic N) is 1. The Labute approximate surface area is 138 Å². The number of anilines is 1. The van der Waals surface area contributed by atoms with Crippen LogP contribution in [0.2, 0.25) is 0 Å². The second-order valence-electron chi connectivity index (χ2n) is 5.35. The molecule has 7 heteroatoms. The van der Waals surface area contributed by atoms with Crippen LogP contribution in [0.1, 0.15) is 51.4 Å². The van der Waals surface area contributed by atoms with Crippen LogP contribution in [-0.2, 0) is 12.8 Å². The molecule has 0 bridgehead atoms. The van der Waals surface area contributed by atoms with Crippen LogP contribution in [0.15, 0.2) is 23.0 Å². The van der Waals surface area contributed by atoms with Crippen molar-refractivity contribution < 1.29 is 14.7 Å². The van der Waals surface area contributed by atoms with Gasteiger partial charge in [-0.1, -0.05) is 19.9 Å². The fourth-order valence-electron chi connectivity index (χ4n) is 2.56. The van der Waals surface area contributed by atoms with E-state index in [1.807, 2.05) is 13.8 Å². The molecule has 0 atom stereocenters. The van der Waals surface area contributed by atoms with Crippen LogP contribution in [-0.4, -0.2) is 27.2 Å². The van der Waals surface area contributed by atoms with Gasteiger partial charge in [0.05, 0.1) is 11.3 Å². The van der Waals surface area contributed by atoms with Gasteiger partial charge in [0, 0.05) is 5.69 Å². The summed E-state index contributed by atoms with van der Waals surface area (Å²) in [7, 11) is 0. The van der Waals surface area contributed by atoms with Crippen LogP contribution in [0.5, 0.6) is 0 Å². The van der Waals surface area contributed by atoms with Crippen LogP contribution in [0, 0.1) is 6.92 Å². The molecule has 3 N–H and O–H groups in total. The number of carbonyl (C=O) groups excluding carboxylic acids is 1. The first-order valence-electron chi connectivity index (χ1n) is 7.64. The number of aromatic amines is 1. The number of benzene rings is 1. The summed E-state index contributed by atoms with van der Waals surface area (Å²) in [4.78, 5) is 35.8. The van der Waals surface area contributed by atoms with Crippen molar-refractivity contribution in [3.63, 3.8) is 0 Å². The number of carbonyl (C=O) groups is 2. The van der Waals surface area contributed by atoms with Gasteiger partial charge in [-0.2, -0.15) is 5.10 Å². The van der Waals surface area contributed by atoms with Crippen molar-refractivity contribution in [2.45, 2.75) is 33.6 Å². The molecule has 1 heterocycles. The first-order chi connectivity index (χ1) is 11.4. The molecule has 1 aromatic carbocycles. The van der Waals surface area contributed by atoms with E-state index in [0.717, 1.165) is 0 Å². The Hall–Kier alpha value is -2.96. The van der Waals surface area contributed by atoms with Gasteiger partial charge in [0.15, 0.2) is 0 Å². The molecule has 2 aromatic rings. The number of aromatic nitrogens is 2. The van der Waals surface area contributed by atoms with Crippen molar-refractivity contribution >= 4 is 17.6 Å². The number of hydrogen-bond donors (Lipinski definition) is 3. The minimum atomic E-state index is -1.08. The molecule has 0 radical (unpaired) electrons. The number of aromatic carboxylic acids is 1. The summed E-state index contributed by atoms with van der Waals surface area (Å²) < 4.78 is 0. The van der Waals surface area contributed by atoms with E-state index in [1.165, 1.54) is 6.07 Å². The molecule has 0 aliphatic heterocycles. The molecule has 7 nitrogen and oxygen atoms in total. The van der Waals surface area contributed by atoms with E-state index in [9.17, 15) is 14.4 Å². The molecule has 24 heavy (non-hydrogen) atoms. The molecular weight excluding hydrogens is 310 g/mol. The van der Waals surface area contributed by atoms with Gasteiger partial charge < -0.3 is 10.4 Å². The smallest absolute Gasteiger partial charge is 0.336 e. The van der Waals surface area contributed by atoms with Crippen LogP contribution < -0.4 is 10.9 Å². The molecule has 1 aromatic heterocycles. The molecule has 0 aliphatic carbocycles. The standard InChI is InChI=1S/C17H19N3O4/c1-4-11-13(5-2)19-20-16(22)14(11)15(21)18-10-7-6-9(3)12(8-10)17(23)24/h6-8H,4-5H2,1-3H3,(H,18,21)(H,20,22)(H,23,24). The lowest BCUT2D eigenvalue weighted by molar-refractivity contribution is 0.0695. The van der Waals surface area contributed by atoms with Gasteiger partial charge in [-0.25, -0.2) is 9.89 Å². The van der Waals surface area contributed by atoms with E-state index < -0.39 is 17.4 Å². The summed E-state index contributed by atoms with van der Waals surface area (Å²) >= 11 is 0. The van der Waals surface area contributed by atoms with Gasteiger partial charge in [-0.05, 0) is 43.0 Å². The fraction of sp³-hybridized carbons (Fsp3) is 0.294. The lowest BCUT2D eigenvalue weighted by Gasteiger charge is -2.11. The SMILES string of the molecule is CCc1n[nH]c(=O)c(C(=O)Nc2ccc(C)c(C(=O)O)c2)c1CC. The van der Waals surface area contributed by atoms with Crippen molar-refractivity contribution in [3.8, 4) is 0 Å². The van der Waals surface area contributed by atoms with Crippen LogP contribution in [0.4, 0.5) is 5.69 Å². The van der Waals surface area contributed by atoms with E-state index in [4.69, 9.17) is 5.11 Å². The maximum absolute atomic E-state index is 12.5. The number of amides is 1. The minimum Gasteiger partial charge on any atom is -0.478 e. The molecule has 126 valence electrons. The van der Waals surface area contributed by atoms with E-state index in [0.29, 0.717) is 35.3 Å². The average molecular weight is 329 g/mol. The molecule has 2 rings (SSSR count). The van der Waals surface area contributed by atoms with Gasteiger partial charge in [0.2, 0.25) is 0 Å². The number of nitrogens with one attached hydrogen (secondary N) is 2. The normalized spacial score (nSPS) is 10.5. The third-order valence-corrected chi connectivity index (χ3v) is 3.81. The van der Waals surface area contributed by atoms with E-state index in [-0.39, 0.29) is 11.1 Å². The number of aryl methyl sites for hydroxylation is 2. The maximum atomic E-state index is 12.5. The molecule has 0 spiro atoms. The van der Waals surface area contributed by atoms with Crippen LogP contribution in [0.3, 0.4) is 0 Å². The number of H-pyrrole nitrogens is 1. The lowest BCUT2D eigenvalue weighted by Crippen LogP contribution is -2.28. The summed E-state index contributed by atoms with van der Waals surface area (Å²) in [5.74, 6) is -1.65. The quantitative estimate of drug-likeness (QED) is 0.778. The third kappa shape index (κ3) is 3.34. The van der Waals surface area contributed by atoms with Crippen molar-refractivity contribution in [3.05, 3.63) is 56.5 Å². The molecule has 1 amide bonds. The van der Waals surface area contributed by atoms with E-state index in [2.05, 4.69) is 15.5 Å². The highest BCUT2D eigenvalue weighted by Gasteiger charge is 2.19. The second kappa shape index (κ2) is 7.08. The number of carboxylic acid groups (broad SMARTS) is 1. The second-order valence-corrected chi connectivity index (χ2v) is 5.35. The largest absolute Gasteiger partial charge is 0.478 e. The van der Waals surface area contributed by atoms with Gasteiger partial charge in [0.1, 0.15) is 5.56 Å². The molecule has 0 fully saturated rings. The Morgan fingerprint density at radius 3 is 2.54 bits per heavy atom. The zero-order valence-corrected chi connectivity index (χ0v) is 13.8. The summed E-state index contributed by atoms with van der Waals surface area (Å²) in [6.07, 6.45) is 1.09. The number of rotatable bonds is 5. The Bertz CT molecular complexity index is 855. The third-order valence-electron chi connectivity index (χ3n) is 3.81. The van der Waals surface area contributed by atoms with E-state index in [1.54, 1.807) is 19.1 Å². The van der Waals surface area contributed by atoms with E-state index >= 15 is 0 Å². The fourth-order valence-corrected chi connectivity index (χ4v) is 2.56. The van der Waals surface area contributed by atoms with Gasteiger partial charge in [-0.15, -0.1) is 0 Å². The highest BCUT2D eigenvalue weighted by atomic mass is 16.4. The Balaban J connectivity index is 2.43. The van der Waals surface area contributed by atoms with Crippen LogP contribution in [0.25, 0.3) is 0 Å². The monoisotopic (exact) mass is 329 g/mol. The van der Waals surface area contributed by atoms with Crippen molar-refractivity contribution in [2.24, 2.45) is 0 Å². The zero-order chi connectivity index (χ0) is 17.9. The predicted molar refractivity (Wildman–Crippen MR) is 89.7 cm³/mol. The summed E-state index contributed by atoms with van der Waals surface area (Å²) in [6.45, 7) is 5.41. The number of hydrogen-bond acceptors (Lipinski definition) is 4. The zero-order valence-electron chi connectivity index (χ0n) is 13.8. The molecule has 0 saturated heterocycles. The molecule has 0 saturated carbocycles. The molecule has 0 aliphatic rings. The minimum absolute atomic E-state index is 0.0156. The average Bonchev–Trinajstić information content (AvgIpc) is 2.55. The van der Waals surface area contributed by atoms with Crippen molar-refractivity contribution in [1.29, 1.82) is 0 Å². The maximum Gasteiger partial charge on any atom is 0.336 e. The highest BCUT2D eigenvalue weighted by molar-refractivity contribution is 6.05. The van der Waals surface area contributed by atoms with Crippen molar-refractivity contribution in [1.82, 2.24) is 10.2 Å².